The van der Waals surface area contributed by atoms with E-state index in [4.69, 9.17) is 9.47 Å². The smallest absolute Gasteiger partial charge is 0.259 e. The Morgan fingerprint density at radius 2 is 2.33 bits per heavy atom. The maximum Gasteiger partial charge on any atom is 0.259 e. The number of hydrogen-bond acceptors (Lipinski definition) is 5. The van der Waals surface area contributed by atoms with E-state index in [0.717, 1.165) is 19.4 Å². The lowest BCUT2D eigenvalue weighted by molar-refractivity contribution is 0.0922. The Morgan fingerprint density at radius 1 is 1.58 bits per heavy atom. The highest BCUT2D eigenvalue weighted by Gasteiger charge is 2.29. The zero-order valence-corrected chi connectivity index (χ0v) is 15.5. The molecule has 1 aromatic rings. The Hall–Kier alpha value is -1.73. The molecule has 1 fully saturated rings. The Balaban J connectivity index is 2.33. The number of ether oxygens (including phenoxy) is 2. The predicted molar refractivity (Wildman–Crippen MR) is 96.0 cm³/mol. The number of carbonyl (C=O) groups is 1. The minimum Gasteiger partial charge on any atom is -0.506 e. The van der Waals surface area contributed by atoms with Crippen LogP contribution in [0.3, 0.4) is 0 Å². The zero-order valence-electron chi connectivity index (χ0n) is 13.9. The Bertz CT molecular complexity index is 615. The highest BCUT2D eigenvalue weighted by molar-refractivity contribution is 9.10. The van der Waals surface area contributed by atoms with Gasteiger partial charge in [0, 0.05) is 18.2 Å². The van der Waals surface area contributed by atoms with Gasteiger partial charge in [0.05, 0.1) is 18.7 Å². The number of benzene rings is 1. The highest BCUT2D eigenvalue weighted by atomic mass is 79.9. The van der Waals surface area contributed by atoms with Crippen LogP contribution in [-0.4, -0.2) is 43.9 Å². The molecular formula is C17H23BrN2O4. The second-order valence-electron chi connectivity index (χ2n) is 5.62. The van der Waals surface area contributed by atoms with E-state index in [0.29, 0.717) is 16.6 Å². The average Bonchev–Trinajstić information content (AvgIpc) is 3.10. The zero-order chi connectivity index (χ0) is 17.7. The molecule has 1 aromatic carbocycles. The van der Waals surface area contributed by atoms with Gasteiger partial charge in [-0.25, -0.2) is 0 Å². The summed E-state index contributed by atoms with van der Waals surface area (Å²) >= 11 is 3.24. The summed E-state index contributed by atoms with van der Waals surface area (Å²) in [6, 6.07) is 1.64. The molecule has 1 aliphatic heterocycles. The summed E-state index contributed by atoms with van der Waals surface area (Å²) < 4.78 is 10.9. The number of rotatable bonds is 7. The van der Waals surface area contributed by atoms with Crippen LogP contribution in [0.5, 0.6) is 17.2 Å². The number of phenolic OH excluding ortho intramolecular Hbond substituents is 1. The molecule has 2 atom stereocenters. The van der Waals surface area contributed by atoms with E-state index >= 15 is 0 Å². The molecular weight excluding hydrogens is 376 g/mol. The van der Waals surface area contributed by atoms with Gasteiger partial charge in [-0.3, -0.25) is 4.79 Å². The fourth-order valence-corrected chi connectivity index (χ4v) is 3.37. The normalized spacial score (nSPS) is 18.0. The van der Waals surface area contributed by atoms with E-state index in [9.17, 15) is 9.90 Å². The van der Waals surface area contributed by atoms with E-state index in [-0.39, 0.29) is 29.1 Å². The first-order valence-electron chi connectivity index (χ1n) is 7.82. The molecule has 0 aliphatic carbocycles. The third kappa shape index (κ3) is 3.84. The minimum absolute atomic E-state index is 0.0517. The first-order valence-corrected chi connectivity index (χ1v) is 8.61. The van der Waals surface area contributed by atoms with Crippen LogP contribution in [0.25, 0.3) is 0 Å². The molecule has 1 aliphatic rings. The van der Waals surface area contributed by atoms with Crippen LogP contribution in [0.2, 0.25) is 0 Å². The van der Waals surface area contributed by atoms with E-state index in [2.05, 4.69) is 33.1 Å². The maximum atomic E-state index is 12.8. The number of aromatic hydroxyl groups is 1. The van der Waals surface area contributed by atoms with E-state index < -0.39 is 5.91 Å². The van der Waals surface area contributed by atoms with Gasteiger partial charge in [0.2, 0.25) is 0 Å². The highest BCUT2D eigenvalue weighted by Crippen LogP contribution is 2.42. The molecule has 0 bridgehead atoms. The Labute approximate surface area is 150 Å². The number of phenols is 1. The molecule has 7 heteroatoms. The first-order chi connectivity index (χ1) is 11.5. The van der Waals surface area contributed by atoms with Crippen molar-refractivity contribution in [1.82, 2.24) is 10.6 Å². The van der Waals surface area contributed by atoms with Crippen molar-refractivity contribution >= 4 is 21.8 Å². The molecule has 0 saturated carbocycles. The van der Waals surface area contributed by atoms with Crippen molar-refractivity contribution in [3.63, 3.8) is 0 Å². The molecule has 24 heavy (non-hydrogen) atoms. The average molecular weight is 399 g/mol. The van der Waals surface area contributed by atoms with Crippen molar-refractivity contribution in [2.75, 3.05) is 20.8 Å². The van der Waals surface area contributed by atoms with E-state index in [1.165, 1.54) is 14.2 Å². The largest absolute Gasteiger partial charge is 0.506 e. The molecule has 6 nitrogen and oxygen atoms in total. The number of nitrogens with one attached hydrogen (secondary N) is 2. The molecule has 1 saturated heterocycles. The molecule has 0 aromatic heterocycles. The van der Waals surface area contributed by atoms with Gasteiger partial charge in [0.15, 0.2) is 11.5 Å². The fourth-order valence-electron chi connectivity index (χ4n) is 2.96. The number of amides is 1. The number of carbonyl (C=O) groups excluding carboxylic acids is 1. The maximum absolute atomic E-state index is 12.8. The van der Waals surface area contributed by atoms with E-state index in [1.807, 2.05) is 0 Å². The SMILES string of the molecule is C=CCC(NC(=O)c1c(O)c(Br)cc(OC)c1OC)C1CCCN1. The predicted octanol–water partition coefficient (Wildman–Crippen LogP) is 2.60. The first kappa shape index (κ1) is 18.6. The molecule has 132 valence electrons. The summed E-state index contributed by atoms with van der Waals surface area (Å²) in [5.74, 6) is -0.0228. The van der Waals surface area contributed by atoms with Gasteiger partial charge in [0.1, 0.15) is 11.3 Å². The monoisotopic (exact) mass is 398 g/mol. The van der Waals surface area contributed by atoms with Crippen LogP contribution >= 0.6 is 15.9 Å². The summed E-state index contributed by atoms with van der Waals surface area (Å²) in [5, 5.41) is 16.7. The molecule has 0 spiro atoms. The van der Waals surface area contributed by atoms with Gasteiger partial charge < -0.3 is 25.2 Å². The summed E-state index contributed by atoms with van der Waals surface area (Å²) in [6.45, 7) is 4.70. The molecule has 1 heterocycles. The van der Waals surface area contributed by atoms with Gasteiger partial charge in [-0.1, -0.05) is 6.08 Å². The fraction of sp³-hybridized carbons (Fsp3) is 0.471. The Morgan fingerprint density at radius 3 is 2.88 bits per heavy atom. The lowest BCUT2D eigenvalue weighted by atomic mass is 10.0. The van der Waals surface area contributed by atoms with Crippen LogP contribution < -0.4 is 20.1 Å². The summed E-state index contributed by atoms with van der Waals surface area (Å²) in [7, 11) is 2.91. The van der Waals surface area contributed by atoms with Crippen LogP contribution in [0, 0.1) is 0 Å². The van der Waals surface area contributed by atoms with Crippen molar-refractivity contribution in [3.8, 4) is 17.2 Å². The molecule has 3 N–H and O–H groups in total. The van der Waals surface area contributed by atoms with Crippen molar-refractivity contribution in [1.29, 1.82) is 0 Å². The number of halogens is 1. The van der Waals surface area contributed by atoms with Crippen molar-refractivity contribution in [3.05, 3.63) is 28.8 Å². The van der Waals surface area contributed by atoms with Crippen molar-refractivity contribution in [2.45, 2.75) is 31.3 Å². The standard InChI is InChI=1S/C17H23BrN2O4/c1-4-6-12(11-7-5-8-19-11)20-17(22)14-15(21)10(18)9-13(23-2)16(14)24-3/h4,9,11-12,19,21H,1,5-8H2,2-3H3,(H,20,22). The van der Waals surface area contributed by atoms with Crippen LogP contribution in [0.1, 0.15) is 29.6 Å². The third-order valence-electron chi connectivity index (χ3n) is 4.14. The lowest BCUT2D eigenvalue weighted by Gasteiger charge is -2.25. The second kappa shape index (κ2) is 8.39. The van der Waals surface area contributed by atoms with Gasteiger partial charge in [-0.15, -0.1) is 6.58 Å². The number of methoxy groups -OCH3 is 2. The summed E-state index contributed by atoms with van der Waals surface area (Å²) in [4.78, 5) is 12.8. The van der Waals surface area contributed by atoms with Gasteiger partial charge >= 0.3 is 0 Å². The van der Waals surface area contributed by atoms with Gasteiger partial charge in [0.25, 0.3) is 5.91 Å². The van der Waals surface area contributed by atoms with Gasteiger partial charge in [-0.05, 0) is 41.7 Å². The minimum atomic E-state index is -0.412. The molecule has 2 unspecified atom stereocenters. The topological polar surface area (TPSA) is 79.8 Å². The molecule has 2 rings (SSSR count). The lowest BCUT2D eigenvalue weighted by Crippen LogP contribution is -2.47. The quantitative estimate of drug-likeness (QED) is 0.615. The van der Waals surface area contributed by atoms with Crippen molar-refractivity contribution in [2.24, 2.45) is 0 Å². The van der Waals surface area contributed by atoms with Crippen LogP contribution in [-0.2, 0) is 0 Å². The van der Waals surface area contributed by atoms with Crippen molar-refractivity contribution < 1.29 is 19.4 Å². The second-order valence-corrected chi connectivity index (χ2v) is 6.48. The summed E-state index contributed by atoms with van der Waals surface area (Å²) in [6.07, 6.45) is 4.48. The van der Waals surface area contributed by atoms with Gasteiger partial charge in [-0.2, -0.15) is 0 Å². The number of hydrogen-bond donors (Lipinski definition) is 3. The van der Waals surface area contributed by atoms with E-state index in [1.54, 1.807) is 12.1 Å². The Kier molecular flexibility index (Phi) is 6.51. The summed E-state index contributed by atoms with van der Waals surface area (Å²) in [5.41, 5.74) is 0.0517. The molecule has 0 radical (unpaired) electrons. The van der Waals surface area contributed by atoms with Crippen LogP contribution in [0.15, 0.2) is 23.2 Å². The third-order valence-corrected chi connectivity index (χ3v) is 4.75. The molecule has 1 amide bonds. The van der Waals surface area contributed by atoms with Crippen LogP contribution in [0.4, 0.5) is 0 Å².